The predicted molar refractivity (Wildman–Crippen MR) is 151 cm³/mol. The molecule has 3 aromatic rings. The molecule has 2 heterocycles. The highest BCUT2D eigenvalue weighted by Gasteiger charge is 2.40. The van der Waals surface area contributed by atoms with Gasteiger partial charge in [0.2, 0.25) is 0 Å². The van der Waals surface area contributed by atoms with Crippen molar-refractivity contribution in [1.82, 2.24) is 9.47 Å². The first-order chi connectivity index (χ1) is 18.7. The molecule has 1 aromatic heterocycles. The number of rotatable bonds is 6. The molecule has 216 valence electrons. The van der Waals surface area contributed by atoms with Gasteiger partial charge in [-0.2, -0.15) is 13.2 Å². The van der Waals surface area contributed by atoms with Crippen LogP contribution in [0, 0.1) is 18.3 Å². The molecule has 1 fully saturated rings. The third-order valence-electron chi connectivity index (χ3n) is 8.17. The lowest BCUT2D eigenvalue weighted by molar-refractivity contribution is -0.157. The fourth-order valence-corrected chi connectivity index (χ4v) is 6.15. The fraction of sp³-hybridized carbons (Fsp3) is 0.467. The van der Waals surface area contributed by atoms with E-state index in [4.69, 9.17) is 27.9 Å². The third-order valence-corrected chi connectivity index (χ3v) is 8.96. The Labute approximate surface area is 242 Å². The van der Waals surface area contributed by atoms with Gasteiger partial charge >= 0.3 is 12.1 Å². The van der Waals surface area contributed by atoms with E-state index < -0.39 is 17.2 Å². The number of nitrogens with zero attached hydrogens (tertiary/aromatic N) is 2. The molecule has 0 aliphatic carbocycles. The molecule has 2 aromatic carbocycles. The zero-order valence-electron chi connectivity index (χ0n) is 23.2. The lowest BCUT2D eigenvalue weighted by atomic mass is 9.73. The van der Waals surface area contributed by atoms with Gasteiger partial charge in [-0.15, -0.1) is 0 Å². The van der Waals surface area contributed by atoms with E-state index >= 15 is 0 Å². The van der Waals surface area contributed by atoms with Crippen LogP contribution in [0.25, 0.3) is 10.9 Å². The lowest BCUT2D eigenvalue weighted by Gasteiger charge is -2.39. The van der Waals surface area contributed by atoms with Gasteiger partial charge in [0, 0.05) is 48.2 Å². The number of aryl methyl sites for hydroxylation is 2. The van der Waals surface area contributed by atoms with Gasteiger partial charge in [0.15, 0.2) is 0 Å². The lowest BCUT2D eigenvalue weighted by Crippen LogP contribution is -2.44. The first-order valence-corrected chi connectivity index (χ1v) is 14.0. The van der Waals surface area contributed by atoms with E-state index in [0.717, 1.165) is 12.1 Å². The molecule has 1 saturated heterocycles. The van der Waals surface area contributed by atoms with E-state index in [1.165, 1.54) is 0 Å². The summed E-state index contributed by atoms with van der Waals surface area (Å²) < 4.78 is 47.2. The van der Waals surface area contributed by atoms with Gasteiger partial charge in [0.25, 0.3) is 5.91 Å². The first kappa shape index (κ1) is 30.3. The Hall–Kier alpha value is -2.71. The number of amides is 1. The zero-order valence-corrected chi connectivity index (χ0v) is 24.7. The van der Waals surface area contributed by atoms with Gasteiger partial charge in [-0.3, -0.25) is 9.59 Å². The number of hydrogen-bond acceptors (Lipinski definition) is 3. The molecular weight excluding hydrogens is 564 g/mol. The number of ether oxygens (including phenoxy) is 1. The number of piperidine rings is 1. The Kier molecular flexibility index (Phi) is 8.53. The van der Waals surface area contributed by atoms with E-state index in [9.17, 15) is 22.8 Å². The van der Waals surface area contributed by atoms with Crippen molar-refractivity contribution in [2.45, 2.75) is 53.1 Å². The van der Waals surface area contributed by atoms with Gasteiger partial charge in [0.05, 0.1) is 28.2 Å². The van der Waals surface area contributed by atoms with Gasteiger partial charge in [-0.25, -0.2) is 0 Å². The normalized spacial score (nSPS) is 15.1. The van der Waals surface area contributed by atoms with Crippen LogP contribution >= 0.6 is 23.2 Å². The number of carbonyl (C=O) groups is 2. The van der Waals surface area contributed by atoms with Crippen LogP contribution in [0.15, 0.2) is 30.3 Å². The Morgan fingerprint density at radius 3 is 2.33 bits per heavy atom. The minimum absolute atomic E-state index is 0.0830. The number of likely N-dealkylation sites (tertiary alicyclic amines) is 1. The fourth-order valence-electron chi connectivity index (χ4n) is 5.56. The number of aromatic nitrogens is 1. The third kappa shape index (κ3) is 5.70. The summed E-state index contributed by atoms with van der Waals surface area (Å²) in [7, 11) is 1.70. The van der Waals surface area contributed by atoms with Crippen molar-refractivity contribution in [3.05, 3.63) is 68.3 Å². The number of halogens is 5. The monoisotopic (exact) mass is 596 g/mol. The van der Waals surface area contributed by atoms with Crippen molar-refractivity contribution >= 4 is 46.0 Å². The van der Waals surface area contributed by atoms with E-state index in [2.05, 4.69) is 0 Å². The Bertz CT molecular complexity index is 1450. The van der Waals surface area contributed by atoms with Crippen LogP contribution in [0.4, 0.5) is 13.2 Å². The van der Waals surface area contributed by atoms with Crippen LogP contribution in [0.5, 0.6) is 0 Å². The second-order valence-electron chi connectivity index (χ2n) is 11.0. The summed E-state index contributed by atoms with van der Waals surface area (Å²) in [4.78, 5) is 27.7. The number of carbonyl (C=O) groups excluding carboxylic acids is 2. The minimum Gasteiger partial charge on any atom is -0.466 e. The molecule has 0 unspecified atom stereocenters. The van der Waals surface area contributed by atoms with Crippen LogP contribution in [0.2, 0.25) is 10.0 Å². The molecular formula is C30H33Cl2F3N2O3. The summed E-state index contributed by atoms with van der Waals surface area (Å²) in [6, 6.07) is 7.35. The molecule has 1 aliphatic heterocycles. The predicted octanol–water partition coefficient (Wildman–Crippen LogP) is 7.84. The first-order valence-electron chi connectivity index (χ1n) is 13.3. The highest BCUT2D eigenvalue weighted by Crippen LogP contribution is 2.39. The molecule has 4 rings (SSSR count). The molecule has 40 heavy (non-hydrogen) atoms. The van der Waals surface area contributed by atoms with Crippen LogP contribution < -0.4 is 0 Å². The second-order valence-corrected chi connectivity index (χ2v) is 11.8. The van der Waals surface area contributed by atoms with E-state index in [-0.39, 0.29) is 29.2 Å². The number of hydrogen-bond donors (Lipinski definition) is 0. The van der Waals surface area contributed by atoms with Gasteiger partial charge in [-0.05, 0) is 87.9 Å². The quantitative estimate of drug-likeness (QED) is 0.272. The zero-order chi connectivity index (χ0) is 29.6. The Balaban J connectivity index is 1.57. The average Bonchev–Trinajstić information content (AvgIpc) is 3.21. The molecule has 1 amide bonds. The standard InChI is InChI=1S/C30H33Cl2F3N2O3/c1-6-40-28(39)29(3,4)18-9-11-37(12-10-18)27(38)21-7-8-24(31)23(26(21)32)16-20-15-22-17(2)13-19(30(33,34)35)14-25(22)36(20)5/h7-8,13-15,18H,6,9-12,16H2,1-5H3. The maximum atomic E-state index is 13.5. The second kappa shape index (κ2) is 11.3. The Morgan fingerprint density at radius 2 is 1.73 bits per heavy atom. The van der Waals surface area contributed by atoms with Crippen LogP contribution in [0.3, 0.4) is 0 Å². The summed E-state index contributed by atoms with van der Waals surface area (Å²) in [5.41, 5.74) is 1.19. The number of alkyl halides is 3. The summed E-state index contributed by atoms with van der Waals surface area (Å²) in [5.74, 6) is -0.374. The average molecular weight is 598 g/mol. The van der Waals surface area contributed by atoms with E-state index in [1.54, 1.807) is 42.5 Å². The van der Waals surface area contributed by atoms with Crippen molar-refractivity contribution < 1.29 is 27.5 Å². The number of benzene rings is 2. The summed E-state index contributed by atoms with van der Waals surface area (Å²) in [5, 5.41) is 1.30. The maximum absolute atomic E-state index is 13.5. The van der Waals surface area contributed by atoms with Crippen LogP contribution in [-0.2, 0) is 29.2 Å². The molecule has 5 nitrogen and oxygen atoms in total. The van der Waals surface area contributed by atoms with Crippen molar-refractivity contribution in [1.29, 1.82) is 0 Å². The minimum atomic E-state index is -4.45. The molecule has 0 radical (unpaired) electrons. The SMILES string of the molecule is CCOC(=O)C(C)(C)C1CCN(C(=O)c2ccc(Cl)c(Cc3cc4c(C)cc(C(F)(F)F)cc4n3C)c2Cl)CC1. The summed E-state index contributed by atoms with van der Waals surface area (Å²) in [6.45, 7) is 8.48. The molecule has 1 aliphatic rings. The van der Waals surface area contributed by atoms with Crippen molar-refractivity contribution in [3.8, 4) is 0 Å². The summed E-state index contributed by atoms with van der Waals surface area (Å²) in [6.07, 6.45) is -2.90. The molecule has 0 saturated carbocycles. The maximum Gasteiger partial charge on any atom is 0.416 e. The highest BCUT2D eigenvalue weighted by atomic mass is 35.5. The van der Waals surface area contributed by atoms with E-state index in [1.807, 2.05) is 19.9 Å². The van der Waals surface area contributed by atoms with Gasteiger partial charge in [-0.1, -0.05) is 23.2 Å². The largest absolute Gasteiger partial charge is 0.466 e. The van der Waals surface area contributed by atoms with E-state index in [0.29, 0.717) is 70.8 Å². The number of fused-ring (bicyclic) bond motifs is 1. The smallest absolute Gasteiger partial charge is 0.416 e. The highest BCUT2D eigenvalue weighted by molar-refractivity contribution is 6.38. The van der Waals surface area contributed by atoms with Crippen LogP contribution in [-0.4, -0.2) is 41.0 Å². The molecule has 10 heteroatoms. The van der Waals surface area contributed by atoms with Gasteiger partial charge in [0.1, 0.15) is 0 Å². The molecule has 0 atom stereocenters. The number of esters is 1. The molecule has 0 spiro atoms. The topological polar surface area (TPSA) is 51.5 Å². The van der Waals surface area contributed by atoms with Gasteiger partial charge < -0.3 is 14.2 Å². The van der Waals surface area contributed by atoms with Crippen LogP contribution in [0.1, 0.15) is 66.4 Å². The summed E-state index contributed by atoms with van der Waals surface area (Å²) >= 11 is 13.3. The van der Waals surface area contributed by atoms with Crippen molar-refractivity contribution in [3.63, 3.8) is 0 Å². The van der Waals surface area contributed by atoms with Crippen molar-refractivity contribution in [2.24, 2.45) is 18.4 Å². The molecule has 0 N–H and O–H groups in total. The van der Waals surface area contributed by atoms with Crippen molar-refractivity contribution in [2.75, 3.05) is 19.7 Å². The molecule has 0 bridgehead atoms. The Morgan fingerprint density at radius 1 is 1.07 bits per heavy atom.